The van der Waals surface area contributed by atoms with Gasteiger partial charge < -0.3 is 20.7 Å². The lowest BCUT2D eigenvalue weighted by molar-refractivity contribution is 0.0696. The molecular weight excluding hydrogens is 282 g/mol. The van der Waals surface area contributed by atoms with Gasteiger partial charge in [0.2, 0.25) is 0 Å². The first-order chi connectivity index (χ1) is 8.97. The predicted molar refractivity (Wildman–Crippen MR) is 78.4 cm³/mol. The van der Waals surface area contributed by atoms with Crippen LogP contribution in [-0.4, -0.2) is 21.6 Å². The van der Waals surface area contributed by atoms with Crippen LogP contribution >= 0.6 is 12.4 Å². The van der Waals surface area contributed by atoms with Crippen LogP contribution in [0, 0.1) is 0 Å². The van der Waals surface area contributed by atoms with Gasteiger partial charge in [0.25, 0.3) is 5.91 Å². The molecule has 2 rings (SSSR count). The van der Waals surface area contributed by atoms with Crippen LogP contribution < -0.4 is 11.1 Å². The molecule has 1 aromatic heterocycles. The molecule has 0 saturated carbocycles. The number of amides is 1. The zero-order valence-corrected chi connectivity index (χ0v) is 11.5. The number of carboxylic acids is 1. The number of nitrogens with zero attached hydrogens (tertiary/aromatic N) is 1. The van der Waals surface area contributed by atoms with Crippen molar-refractivity contribution in [2.24, 2.45) is 7.05 Å². The Morgan fingerprint density at radius 1 is 1.25 bits per heavy atom. The first kappa shape index (κ1) is 15.6. The van der Waals surface area contributed by atoms with Gasteiger partial charge in [-0.05, 0) is 30.3 Å². The number of benzene rings is 1. The van der Waals surface area contributed by atoms with Crippen LogP contribution in [0.3, 0.4) is 0 Å². The summed E-state index contributed by atoms with van der Waals surface area (Å²) in [7, 11) is 1.72. The molecule has 4 N–H and O–H groups in total. The smallest absolute Gasteiger partial charge is 0.335 e. The van der Waals surface area contributed by atoms with Gasteiger partial charge in [-0.25, -0.2) is 4.79 Å². The van der Waals surface area contributed by atoms with Crippen molar-refractivity contribution in [3.05, 3.63) is 47.8 Å². The number of carbonyl (C=O) groups is 2. The second-order valence-electron chi connectivity index (χ2n) is 4.11. The molecule has 0 aliphatic rings. The standard InChI is InChI=1S/C13H13N3O3.ClH/c1-16-7-9(14)6-11(16)12(17)15-10-4-2-8(3-5-10)13(18)19;/h2-7H,14H2,1H3,(H,15,17)(H,18,19);1H. The molecule has 2 aromatic rings. The van der Waals surface area contributed by atoms with Crippen molar-refractivity contribution in [3.8, 4) is 0 Å². The maximum Gasteiger partial charge on any atom is 0.335 e. The lowest BCUT2D eigenvalue weighted by atomic mass is 10.2. The average molecular weight is 296 g/mol. The summed E-state index contributed by atoms with van der Waals surface area (Å²) in [5, 5.41) is 11.4. The molecule has 0 radical (unpaired) electrons. The van der Waals surface area contributed by atoms with E-state index in [0.29, 0.717) is 17.1 Å². The highest BCUT2D eigenvalue weighted by Gasteiger charge is 2.11. The Morgan fingerprint density at radius 2 is 1.85 bits per heavy atom. The number of aryl methyl sites for hydroxylation is 1. The first-order valence-electron chi connectivity index (χ1n) is 5.54. The highest BCUT2D eigenvalue weighted by Crippen LogP contribution is 2.13. The second-order valence-corrected chi connectivity index (χ2v) is 4.11. The van der Waals surface area contributed by atoms with Crippen LogP contribution in [0.15, 0.2) is 36.5 Å². The number of carbonyl (C=O) groups excluding carboxylic acids is 1. The minimum atomic E-state index is -1.01. The highest BCUT2D eigenvalue weighted by molar-refractivity contribution is 6.04. The lowest BCUT2D eigenvalue weighted by Crippen LogP contribution is -2.15. The molecule has 106 valence electrons. The Kier molecular flexibility index (Phi) is 4.77. The molecule has 7 heteroatoms. The van der Waals surface area contributed by atoms with Crippen molar-refractivity contribution in [2.75, 3.05) is 11.1 Å². The third-order valence-corrected chi connectivity index (χ3v) is 2.65. The van der Waals surface area contributed by atoms with Gasteiger partial charge in [0.1, 0.15) is 5.69 Å². The zero-order chi connectivity index (χ0) is 14.0. The van der Waals surface area contributed by atoms with Crippen molar-refractivity contribution in [1.29, 1.82) is 0 Å². The van der Waals surface area contributed by atoms with Gasteiger partial charge in [0.15, 0.2) is 0 Å². The summed E-state index contributed by atoms with van der Waals surface area (Å²) in [6.07, 6.45) is 1.64. The molecule has 0 aliphatic heterocycles. The number of aromatic nitrogens is 1. The number of anilines is 2. The van der Waals surface area contributed by atoms with E-state index in [4.69, 9.17) is 10.8 Å². The van der Waals surface area contributed by atoms with E-state index in [0.717, 1.165) is 0 Å². The molecule has 0 atom stereocenters. The van der Waals surface area contributed by atoms with Crippen molar-refractivity contribution in [1.82, 2.24) is 4.57 Å². The molecule has 1 heterocycles. The Bertz CT molecular complexity index is 635. The molecule has 0 spiro atoms. The number of nitrogen functional groups attached to an aromatic ring is 1. The van der Waals surface area contributed by atoms with Crippen LogP contribution in [0.5, 0.6) is 0 Å². The van der Waals surface area contributed by atoms with Gasteiger partial charge in [0.05, 0.1) is 11.3 Å². The SMILES string of the molecule is Cl.Cn1cc(N)cc1C(=O)Nc1ccc(C(=O)O)cc1. The monoisotopic (exact) mass is 295 g/mol. The number of rotatable bonds is 3. The van der Waals surface area contributed by atoms with E-state index >= 15 is 0 Å². The number of nitrogens with one attached hydrogen (secondary N) is 1. The highest BCUT2D eigenvalue weighted by atomic mass is 35.5. The minimum Gasteiger partial charge on any atom is -0.478 e. The van der Waals surface area contributed by atoms with Gasteiger partial charge in [-0.15, -0.1) is 12.4 Å². The predicted octanol–water partition coefficient (Wildman–Crippen LogP) is 1.98. The number of halogens is 1. The summed E-state index contributed by atoms with van der Waals surface area (Å²) in [6.45, 7) is 0. The Morgan fingerprint density at radius 3 is 2.30 bits per heavy atom. The van der Waals surface area contributed by atoms with E-state index in [1.165, 1.54) is 24.3 Å². The van der Waals surface area contributed by atoms with Crippen molar-refractivity contribution in [2.45, 2.75) is 0 Å². The molecular formula is C13H14ClN3O3. The molecule has 6 nitrogen and oxygen atoms in total. The summed E-state index contributed by atoms with van der Waals surface area (Å²) in [4.78, 5) is 22.7. The minimum absolute atomic E-state index is 0. The van der Waals surface area contributed by atoms with Crippen LogP contribution in [0.4, 0.5) is 11.4 Å². The van der Waals surface area contributed by atoms with Gasteiger partial charge in [-0.1, -0.05) is 0 Å². The summed E-state index contributed by atoms with van der Waals surface area (Å²) in [5.41, 5.74) is 7.23. The van der Waals surface area contributed by atoms with Gasteiger partial charge >= 0.3 is 5.97 Å². The fourth-order valence-corrected chi connectivity index (χ4v) is 1.71. The van der Waals surface area contributed by atoms with Crippen molar-refractivity contribution >= 4 is 35.7 Å². The van der Waals surface area contributed by atoms with Gasteiger partial charge in [-0.2, -0.15) is 0 Å². The summed E-state index contributed by atoms with van der Waals surface area (Å²) < 4.78 is 1.62. The number of hydrogen-bond acceptors (Lipinski definition) is 3. The van der Waals surface area contributed by atoms with E-state index in [9.17, 15) is 9.59 Å². The normalized spacial score (nSPS) is 9.65. The van der Waals surface area contributed by atoms with Crippen LogP contribution in [-0.2, 0) is 7.05 Å². The quantitative estimate of drug-likeness (QED) is 0.806. The van der Waals surface area contributed by atoms with Crippen LogP contribution in [0.2, 0.25) is 0 Å². The summed E-state index contributed by atoms with van der Waals surface area (Å²) in [5.74, 6) is -1.31. The summed E-state index contributed by atoms with van der Waals surface area (Å²) in [6, 6.07) is 7.50. The van der Waals surface area contributed by atoms with E-state index in [-0.39, 0.29) is 23.9 Å². The lowest BCUT2D eigenvalue weighted by Gasteiger charge is -2.06. The number of nitrogens with two attached hydrogens (primary N) is 1. The maximum absolute atomic E-state index is 12.0. The van der Waals surface area contributed by atoms with Crippen LogP contribution in [0.25, 0.3) is 0 Å². The van der Waals surface area contributed by atoms with Crippen molar-refractivity contribution in [3.63, 3.8) is 0 Å². The second kappa shape index (κ2) is 6.12. The molecule has 20 heavy (non-hydrogen) atoms. The summed E-state index contributed by atoms with van der Waals surface area (Å²) >= 11 is 0. The van der Waals surface area contributed by atoms with E-state index in [1.54, 1.807) is 23.9 Å². The fraction of sp³-hybridized carbons (Fsp3) is 0.0769. The molecule has 0 unspecified atom stereocenters. The number of aromatic carboxylic acids is 1. The van der Waals surface area contributed by atoms with Crippen molar-refractivity contribution < 1.29 is 14.7 Å². The van der Waals surface area contributed by atoms with Gasteiger partial charge in [-0.3, -0.25) is 4.79 Å². The topological polar surface area (TPSA) is 97.4 Å². The maximum atomic E-state index is 12.0. The molecule has 0 bridgehead atoms. The molecule has 0 saturated heterocycles. The Hall–Kier alpha value is -2.47. The molecule has 1 amide bonds. The largest absolute Gasteiger partial charge is 0.478 e. The third kappa shape index (κ3) is 3.30. The van der Waals surface area contributed by atoms with Gasteiger partial charge in [0, 0.05) is 18.9 Å². The first-order valence-corrected chi connectivity index (χ1v) is 5.54. The molecule has 0 aliphatic carbocycles. The van der Waals surface area contributed by atoms with E-state index in [2.05, 4.69) is 5.32 Å². The third-order valence-electron chi connectivity index (χ3n) is 2.65. The van der Waals surface area contributed by atoms with Crippen LogP contribution in [0.1, 0.15) is 20.8 Å². The molecule has 0 fully saturated rings. The Labute approximate surface area is 121 Å². The Balaban J connectivity index is 0.00000200. The zero-order valence-electron chi connectivity index (χ0n) is 10.7. The van der Waals surface area contributed by atoms with E-state index in [1.807, 2.05) is 0 Å². The number of carboxylic acid groups (broad SMARTS) is 1. The fourth-order valence-electron chi connectivity index (χ4n) is 1.71. The average Bonchev–Trinajstić information content (AvgIpc) is 2.69. The van der Waals surface area contributed by atoms with E-state index < -0.39 is 5.97 Å². The molecule has 1 aromatic carbocycles. The number of hydrogen-bond donors (Lipinski definition) is 3.